The Balaban J connectivity index is 1.43. The number of allylic oxidation sites excluding steroid dienone is 8. The number of hydrogen-bond acceptors (Lipinski definition) is 8. The zero-order chi connectivity index (χ0) is 41.0. The van der Waals surface area contributed by atoms with Crippen molar-refractivity contribution in [2.45, 2.75) is 83.5 Å². The third-order valence-corrected chi connectivity index (χ3v) is 13.0. The zero-order valence-electron chi connectivity index (χ0n) is 33.1. The van der Waals surface area contributed by atoms with Gasteiger partial charge in [0.15, 0.2) is 5.71 Å². The lowest BCUT2D eigenvalue weighted by atomic mass is 9.79. The number of ether oxygens (including phenoxy) is 1. The average molecular weight is 813 g/mol. The van der Waals surface area contributed by atoms with E-state index in [1.54, 1.807) is 12.1 Å². The molecule has 6 rings (SSSR count). The molecule has 0 unspecified atom stereocenters. The number of nitrogens with zero attached hydrogens (tertiary/aromatic N) is 2. The number of carbonyl (C=O) groups excluding carboxylic acids is 1. The Labute approximate surface area is 337 Å². The molecule has 0 bridgehead atoms. The minimum atomic E-state index is -4.29. The Morgan fingerprint density at radius 1 is 0.807 bits per heavy atom. The Bertz CT molecular complexity index is 2390. The normalized spacial score (nSPS) is 19.2. The van der Waals surface area contributed by atoms with Crippen molar-refractivity contribution in [1.29, 1.82) is 0 Å². The molecule has 10 nitrogen and oxygen atoms in total. The van der Waals surface area contributed by atoms with Crippen molar-refractivity contribution < 1.29 is 40.0 Å². The molecule has 2 aliphatic heterocycles. The molecule has 3 aliphatic rings. The van der Waals surface area contributed by atoms with Crippen LogP contribution in [0.15, 0.2) is 114 Å². The summed E-state index contributed by atoms with van der Waals surface area (Å²) in [6, 6.07) is 24.1. The number of benzene rings is 3. The van der Waals surface area contributed by atoms with Gasteiger partial charge in [0.1, 0.15) is 12.3 Å². The first-order valence-corrected chi connectivity index (χ1v) is 22.7. The van der Waals surface area contributed by atoms with E-state index in [0.29, 0.717) is 44.6 Å². The van der Waals surface area contributed by atoms with Gasteiger partial charge in [0, 0.05) is 53.2 Å². The maximum atomic E-state index is 11.5. The first-order valence-electron chi connectivity index (χ1n) is 19.6. The Morgan fingerprint density at radius 3 is 2.19 bits per heavy atom. The van der Waals surface area contributed by atoms with E-state index in [4.69, 9.17) is 4.74 Å². The maximum Gasteiger partial charge on any atom is 0.298 e. The van der Waals surface area contributed by atoms with Gasteiger partial charge in [-0.2, -0.15) is 13.0 Å². The number of hydrogen-bond donors (Lipinski definition) is 1. The molecule has 0 radical (unpaired) electrons. The summed E-state index contributed by atoms with van der Waals surface area (Å²) >= 11 is 0. The van der Waals surface area contributed by atoms with Crippen LogP contribution in [0, 0.1) is 0 Å². The predicted octanol–water partition coefficient (Wildman–Crippen LogP) is 8.39. The molecule has 0 saturated heterocycles. The minimum Gasteiger partial charge on any atom is -0.748 e. The third kappa shape index (κ3) is 9.58. The Morgan fingerprint density at radius 2 is 1.49 bits per heavy atom. The molecule has 57 heavy (non-hydrogen) atoms. The SMILES string of the molecule is CC1(C)C(/C=C/C2=C(c3ccc(OC=O)cc3)C(=C/C=C3/N(CCCCS(=O)(=O)[O-])c4ccccc4C3(C)C)/CCC2)=[N+](CCCCS(=O)(=O)O)c2ccccc21. The lowest BCUT2D eigenvalue weighted by Crippen LogP contribution is -2.28. The fourth-order valence-electron chi connectivity index (χ4n) is 8.61. The highest BCUT2D eigenvalue weighted by Crippen LogP contribution is 2.48. The van der Waals surface area contributed by atoms with Crippen molar-refractivity contribution in [3.63, 3.8) is 0 Å². The van der Waals surface area contributed by atoms with Gasteiger partial charge in [-0.25, -0.2) is 8.42 Å². The topological polar surface area (TPSA) is 144 Å². The van der Waals surface area contributed by atoms with Gasteiger partial charge in [0.2, 0.25) is 5.69 Å². The van der Waals surface area contributed by atoms with Crippen LogP contribution in [-0.2, 0) is 35.9 Å². The largest absolute Gasteiger partial charge is 0.748 e. The highest BCUT2D eigenvalue weighted by molar-refractivity contribution is 7.85. The van der Waals surface area contributed by atoms with Crippen LogP contribution in [0.5, 0.6) is 5.75 Å². The van der Waals surface area contributed by atoms with Gasteiger partial charge >= 0.3 is 0 Å². The van der Waals surface area contributed by atoms with Crippen molar-refractivity contribution in [2.75, 3.05) is 29.5 Å². The quantitative estimate of drug-likeness (QED) is 0.0653. The first-order chi connectivity index (χ1) is 27.0. The second kappa shape index (κ2) is 17.1. The summed E-state index contributed by atoms with van der Waals surface area (Å²) in [6.07, 6.45) is 13.2. The van der Waals surface area contributed by atoms with E-state index in [9.17, 15) is 30.7 Å². The molecule has 0 saturated carbocycles. The van der Waals surface area contributed by atoms with E-state index in [1.165, 1.54) is 11.1 Å². The van der Waals surface area contributed by atoms with Crippen LogP contribution in [0.3, 0.4) is 0 Å². The summed E-state index contributed by atoms with van der Waals surface area (Å²) in [6.45, 7) is 10.4. The van der Waals surface area contributed by atoms with Gasteiger partial charge in [-0.05, 0) is 104 Å². The molecular formula is C45H52N2O8S2. The van der Waals surface area contributed by atoms with Crippen LogP contribution in [-0.4, -0.2) is 67.3 Å². The summed E-state index contributed by atoms with van der Waals surface area (Å²) in [7, 11) is -8.33. The Kier molecular flexibility index (Phi) is 12.6. The number of anilines is 1. The summed E-state index contributed by atoms with van der Waals surface area (Å²) in [4.78, 5) is 13.4. The van der Waals surface area contributed by atoms with E-state index in [-0.39, 0.29) is 28.8 Å². The number of unbranched alkanes of at least 4 members (excludes halogenated alkanes) is 2. The maximum absolute atomic E-state index is 11.5. The molecule has 0 aromatic heterocycles. The van der Waals surface area contributed by atoms with E-state index in [2.05, 4.69) is 85.7 Å². The minimum absolute atomic E-state index is 0.276. The molecule has 3 aromatic carbocycles. The highest BCUT2D eigenvalue weighted by atomic mass is 32.2. The lowest BCUT2D eigenvalue weighted by Gasteiger charge is -2.28. The number of para-hydroxylation sites is 2. The number of carbonyl (C=O) groups is 1. The fourth-order valence-corrected chi connectivity index (χ4v) is 9.74. The van der Waals surface area contributed by atoms with Crippen molar-refractivity contribution >= 4 is 49.4 Å². The summed E-state index contributed by atoms with van der Waals surface area (Å²) in [5.74, 6) is -0.210. The summed E-state index contributed by atoms with van der Waals surface area (Å²) < 4.78 is 73.7. The van der Waals surface area contributed by atoms with Gasteiger partial charge in [-0.1, -0.05) is 74.5 Å². The van der Waals surface area contributed by atoms with Crippen LogP contribution in [0.1, 0.15) is 89.3 Å². The van der Waals surface area contributed by atoms with Crippen LogP contribution >= 0.6 is 0 Å². The molecule has 12 heteroatoms. The number of fused-ring (bicyclic) bond motifs is 2. The molecule has 1 N–H and O–H groups in total. The molecule has 1 aliphatic carbocycles. The lowest BCUT2D eigenvalue weighted by molar-refractivity contribution is -0.438. The molecule has 0 spiro atoms. The van der Waals surface area contributed by atoms with Crippen LogP contribution in [0.4, 0.5) is 11.4 Å². The van der Waals surface area contributed by atoms with Crippen molar-refractivity contribution in [1.82, 2.24) is 0 Å². The van der Waals surface area contributed by atoms with Gasteiger partial charge in [0.25, 0.3) is 16.6 Å². The molecule has 0 amide bonds. The monoisotopic (exact) mass is 812 g/mol. The molecule has 2 heterocycles. The molecule has 302 valence electrons. The first kappa shape index (κ1) is 42.0. The summed E-state index contributed by atoms with van der Waals surface area (Å²) in [5.41, 5.74) is 10.5. The van der Waals surface area contributed by atoms with E-state index in [1.807, 2.05) is 36.4 Å². The number of rotatable bonds is 16. The van der Waals surface area contributed by atoms with Crippen molar-refractivity contribution in [3.8, 4) is 5.75 Å². The third-order valence-electron chi connectivity index (χ3n) is 11.4. The van der Waals surface area contributed by atoms with Crippen LogP contribution in [0.2, 0.25) is 0 Å². The van der Waals surface area contributed by atoms with Crippen LogP contribution < -0.4 is 9.64 Å². The summed E-state index contributed by atoms with van der Waals surface area (Å²) in [5, 5.41) is 0. The van der Waals surface area contributed by atoms with Crippen LogP contribution in [0.25, 0.3) is 5.57 Å². The second-order valence-electron chi connectivity index (χ2n) is 16.0. The molecular weight excluding hydrogens is 761 g/mol. The predicted molar refractivity (Wildman–Crippen MR) is 225 cm³/mol. The fraction of sp³-hybridized carbons (Fsp3) is 0.378. The smallest absolute Gasteiger partial charge is 0.298 e. The Hall–Kier alpha value is -4.62. The highest BCUT2D eigenvalue weighted by Gasteiger charge is 2.44. The van der Waals surface area contributed by atoms with E-state index in [0.717, 1.165) is 64.3 Å². The van der Waals surface area contributed by atoms with E-state index < -0.39 is 20.2 Å². The zero-order valence-corrected chi connectivity index (χ0v) is 34.7. The molecule has 0 fully saturated rings. The van der Waals surface area contributed by atoms with Gasteiger partial charge in [-0.15, -0.1) is 0 Å². The second-order valence-corrected chi connectivity index (χ2v) is 19.1. The standard InChI is InChI=1S/C45H52N2O8S2/c1-44(2)37-16-5-7-18-39(37)46(28-9-11-30-56(49,50)51)41(44)26-22-33-14-13-15-34(43(33)35-20-24-36(25-21-35)55-32-48)23-27-42-45(3,4)38-17-6-8-19-40(38)47(42)29-10-12-31-57(52,53)54/h5-8,16-27,32H,9-15,28-31H2,1-4H3,(H-,49,50,51,52,53,54). The average Bonchev–Trinajstić information content (AvgIpc) is 3.51. The molecule has 3 aromatic rings. The molecule has 0 atom stereocenters. The van der Waals surface area contributed by atoms with E-state index >= 15 is 0 Å². The van der Waals surface area contributed by atoms with Gasteiger partial charge in [0.05, 0.1) is 21.3 Å². The van der Waals surface area contributed by atoms with Gasteiger partial charge in [-0.3, -0.25) is 9.35 Å². The van der Waals surface area contributed by atoms with Crippen molar-refractivity contribution in [3.05, 3.63) is 131 Å². The van der Waals surface area contributed by atoms with Gasteiger partial charge < -0.3 is 14.2 Å². The van der Waals surface area contributed by atoms with Crippen molar-refractivity contribution in [2.24, 2.45) is 0 Å².